The van der Waals surface area contributed by atoms with Crippen molar-refractivity contribution in [2.75, 3.05) is 5.32 Å². The molecule has 1 unspecified atom stereocenters. The predicted molar refractivity (Wildman–Crippen MR) is 71.5 cm³/mol. The number of carbonyl (C=O) groups is 1. The Labute approximate surface area is 108 Å². The fourth-order valence-electron chi connectivity index (χ4n) is 1.41. The van der Waals surface area contributed by atoms with E-state index in [-0.39, 0.29) is 18.4 Å². The standard InChI is InChI=1S/C11H12ClN3OS/c1-6(13)4-10(16)15-11-14-8-3-2-7(12)5-9(8)17-11/h2-3,5-6H,4,13H2,1H3,(H,14,15,16). The molecule has 0 saturated carbocycles. The second-order valence-electron chi connectivity index (χ2n) is 3.86. The van der Waals surface area contributed by atoms with Crippen LogP contribution in [0.15, 0.2) is 18.2 Å². The van der Waals surface area contributed by atoms with E-state index < -0.39 is 0 Å². The fourth-order valence-corrected chi connectivity index (χ4v) is 2.57. The van der Waals surface area contributed by atoms with Crippen molar-refractivity contribution in [3.8, 4) is 0 Å². The molecule has 1 amide bonds. The number of benzene rings is 1. The van der Waals surface area contributed by atoms with Crippen LogP contribution in [0.1, 0.15) is 13.3 Å². The lowest BCUT2D eigenvalue weighted by atomic mass is 10.2. The van der Waals surface area contributed by atoms with Gasteiger partial charge in [0.25, 0.3) is 0 Å². The van der Waals surface area contributed by atoms with Crippen molar-refractivity contribution < 1.29 is 4.79 Å². The molecule has 1 aromatic heterocycles. The lowest BCUT2D eigenvalue weighted by Gasteiger charge is -2.03. The molecule has 0 aliphatic heterocycles. The Balaban J connectivity index is 2.17. The van der Waals surface area contributed by atoms with Crippen LogP contribution >= 0.6 is 22.9 Å². The highest BCUT2D eigenvalue weighted by molar-refractivity contribution is 7.22. The smallest absolute Gasteiger partial charge is 0.227 e. The minimum absolute atomic E-state index is 0.120. The van der Waals surface area contributed by atoms with Crippen LogP contribution in [0.5, 0.6) is 0 Å². The average Bonchev–Trinajstić information content (AvgIpc) is 2.57. The number of nitrogens with one attached hydrogen (secondary N) is 1. The van der Waals surface area contributed by atoms with E-state index in [1.54, 1.807) is 13.0 Å². The molecule has 1 atom stereocenters. The van der Waals surface area contributed by atoms with Gasteiger partial charge in [-0.2, -0.15) is 0 Å². The molecule has 0 fully saturated rings. The fraction of sp³-hybridized carbons (Fsp3) is 0.273. The number of halogens is 1. The Bertz CT molecular complexity index is 553. The molecular weight excluding hydrogens is 258 g/mol. The van der Waals surface area contributed by atoms with Crippen molar-refractivity contribution in [1.29, 1.82) is 0 Å². The van der Waals surface area contributed by atoms with E-state index in [1.165, 1.54) is 11.3 Å². The predicted octanol–water partition coefficient (Wildman–Crippen LogP) is 2.63. The van der Waals surface area contributed by atoms with E-state index in [4.69, 9.17) is 17.3 Å². The molecule has 2 rings (SSSR count). The summed E-state index contributed by atoms with van der Waals surface area (Å²) in [6.45, 7) is 1.79. The molecule has 3 N–H and O–H groups in total. The van der Waals surface area contributed by atoms with Crippen LogP contribution in [0, 0.1) is 0 Å². The summed E-state index contributed by atoms with van der Waals surface area (Å²) in [5.74, 6) is -0.120. The summed E-state index contributed by atoms with van der Waals surface area (Å²) in [6, 6.07) is 5.28. The molecule has 1 aromatic carbocycles. The molecular formula is C11H12ClN3OS. The molecule has 90 valence electrons. The van der Waals surface area contributed by atoms with Gasteiger partial charge in [0.15, 0.2) is 5.13 Å². The van der Waals surface area contributed by atoms with Crippen LogP contribution in [0.2, 0.25) is 5.02 Å². The molecule has 1 heterocycles. The number of aromatic nitrogens is 1. The number of rotatable bonds is 3. The van der Waals surface area contributed by atoms with E-state index in [0.29, 0.717) is 10.2 Å². The van der Waals surface area contributed by atoms with E-state index in [9.17, 15) is 4.79 Å². The third kappa shape index (κ3) is 3.15. The molecule has 6 heteroatoms. The summed E-state index contributed by atoms with van der Waals surface area (Å²) >= 11 is 7.28. The first-order valence-corrected chi connectivity index (χ1v) is 6.35. The summed E-state index contributed by atoms with van der Waals surface area (Å²) in [5, 5.41) is 3.97. The van der Waals surface area contributed by atoms with Crippen LogP contribution in [0.4, 0.5) is 5.13 Å². The monoisotopic (exact) mass is 269 g/mol. The van der Waals surface area contributed by atoms with Gasteiger partial charge in [0.1, 0.15) is 0 Å². The highest BCUT2D eigenvalue weighted by Crippen LogP contribution is 2.28. The summed E-state index contributed by atoms with van der Waals surface area (Å²) in [4.78, 5) is 15.8. The number of hydrogen-bond donors (Lipinski definition) is 2. The summed E-state index contributed by atoms with van der Waals surface area (Å²) in [5.41, 5.74) is 6.38. The molecule has 17 heavy (non-hydrogen) atoms. The van der Waals surface area contributed by atoms with Gasteiger partial charge in [0, 0.05) is 17.5 Å². The maximum Gasteiger partial charge on any atom is 0.227 e. The first kappa shape index (κ1) is 12.3. The molecule has 0 aliphatic carbocycles. The molecule has 0 saturated heterocycles. The largest absolute Gasteiger partial charge is 0.327 e. The van der Waals surface area contributed by atoms with Crippen LogP contribution in [0.25, 0.3) is 10.2 Å². The van der Waals surface area contributed by atoms with Crippen molar-refractivity contribution in [3.63, 3.8) is 0 Å². The van der Waals surface area contributed by atoms with Gasteiger partial charge in [-0.05, 0) is 25.1 Å². The number of hydrogen-bond acceptors (Lipinski definition) is 4. The zero-order valence-electron chi connectivity index (χ0n) is 9.24. The Morgan fingerprint density at radius 3 is 3.12 bits per heavy atom. The van der Waals surface area contributed by atoms with Gasteiger partial charge in [0.05, 0.1) is 10.2 Å². The van der Waals surface area contributed by atoms with Crippen LogP contribution in [0.3, 0.4) is 0 Å². The van der Waals surface area contributed by atoms with Crippen LogP contribution in [-0.4, -0.2) is 16.9 Å². The molecule has 0 bridgehead atoms. The Morgan fingerprint density at radius 1 is 1.65 bits per heavy atom. The van der Waals surface area contributed by atoms with Gasteiger partial charge < -0.3 is 11.1 Å². The highest BCUT2D eigenvalue weighted by atomic mass is 35.5. The normalized spacial score (nSPS) is 12.6. The van der Waals surface area contributed by atoms with Crippen molar-refractivity contribution in [2.45, 2.75) is 19.4 Å². The zero-order valence-corrected chi connectivity index (χ0v) is 10.8. The van der Waals surface area contributed by atoms with Gasteiger partial charge in [-0.1, -0.05) is 22.9 Å². The van der Waals surface area contributed by atoms with E-state index in [2.05, 4.69) is 10.3 Å². The zero-order chi connectivity index (χ0) is 12.4. The van der Waals surface area contributed by atoms with Gasteiger partial charge in [-0.15, -0.1) is 0 Å². The number of nitrogens with two attached hydrogens (primary N) is 1. The minimum atomic E-state index is -0.154. The molecule has 4 nitrogen and oxygen atoms in total. The minimum Gasteiger partial charge on any atom is -0.327 e. The van der Waals surface area contributed by atoms with Gasteiger partial charge >= 0.3 is 0 Å². The lowest BCUT2D eigenvalue weighted by molar-refractivity contribution is -0.116. The third-order valence-corrected chi connectivity index (χ3v) is 3.27. The number of fused-ring (bicyclic) bond motifs is 1. The van der Waals surface area contributed by atoms with Gasteiger partial charge in [-0.3, -0.25) is 4.79 Å². The number of carbonyl (C=O) groups excluding carboxylic acids is 1. The first-order valence-electron chi connectivity index (χ1n) is 5.16. The van der Waals surface area contributed by atoms with E-state index in [0.717, 1.165) is 10.2 Å². The topological polar surface area (TPSA) is 68.0 Å². The van der Waals surface area contributed by atoms with E-state index >= 15 is 0 Å². The lowest BCUT2D eigenvalue weighted by Crippen LogP contribution is -2.23. The highest BCUT2D eigenvalue weighted by Gasteiger charge is 2.09. The number of amides is 1. The van der Waals surface area contributed by atoms with Crippen molar-refractivity contribution in [3.05, 3.63) is 23.2 Å². The Hall–Kier alpha value is -1.17. The molecule has 2 aromatic rings. The average molecular weight is 270 g/mol. The van der Waals surface area contributed by atoms with Gasteiger partial charge in [-0.25, -0.2) is 4.98 Å². The molecule has 0 spiro atoms. The second-order valence-corrected chi connectivity index (χ2v) is 5.33. The number of nitrogens with zero attached hydrogens (tertiary/aromatic N) is 1. The Kier molecular flexibility index (Phi) is 3.61. The van der Waals surface area contributed by atoms with Gasteiger partial charge in [0.2, 0.25) is 5.91 Å². The van der Waals surface area contributed by atoms with Crippen molar-refractivity contribution in [2.24, 2.45) is 5.73 Å². The summed E-state index contributed by atoms with van der Waals surface area (Å²) in [6.07, 6.45) is 0.288. The van der Waals surface area contributed by atoms with Crippen LogP contribution in [-0.2, 0) is 4.79 Å². The van der Waals surface area contributed by atoms with Crippen LogP contribution < -0.4 is 11.1 Å². The quantitative estimate of drug-likeness (QED) is 0.900. The summed E-state index contributed by atoms with van der Waals surface area (Å²) in [7, 11) is 0. The van der Waals surface area contributed by atoms with Crippen molar-refractivity contribution in [1.82, 2.24) is 4.98 Å². The molecule has 0 aliphatic rings. The second kappa shape index (κ2) is 5.00. The Morgan fingerprint density at radius 2 is 2.41 bits per heavy atom. The van der Waals surface area contributed by atoms with Crippen molar-refractivity contribution >= 4 is 44.2 Å². The maximum absolute atomic E-state index is 11.5. The third-order valence-electron chi connectivity index (χ3n) is 2.10. The SMILES string of the molecule is CC(N)CC(=O)Nc1nc2ccc(Cl)cc2s1. The number of anilines is 1. The summed E-state index contributed by atoms with van der Waals surface area (Å²) < 4.78 is 0.952. The molecule has 0 radical (unpaired) electrons. The van der Waals surface area contributed by atoms with E-state index in [1.807, 2.05) is 12.1 Å². The maximum atomic E-state index is 11.5. The number of thiazole rings is 1. The first-order chi connectivity index (χ1) is 8.04.